The zero-order chi connectivity index (χ0) is 17.1. The van der Waals surface area contributed by atoms with Gasteiger partial charge in [-0.15, -0.1) is 10.2 Å². The first kappa shape index (κ1) is 16.3. The molecule has 0 bridgehead atoms. The fourth-order valence-corrected chi connectivity index (χ4v) is 3.10. The number of hydrogen-bond acceptors (Lipinski definition) is 6. The van der Waals surface area contributed by atoms with E-state index in [1.165, 1.54) is 18.9 Å². The van der Waals surface area contributed by atoms with Crippen molar-refractivity contribution >= 4 is 17.7 Å². The van der Waals surface area contributed by atoms with E-state index in [1.807, 2.05) is 41.8 Å². The second-order valence-corrected chi connectivity index (χ2v) is 6.55. The lowest BCUT2D eigenvalue weighted by Gasteiger charge is -2.12. The number of aromatic nitrogens is 3. The van der Waals surface area contributed by atoms with Gasteiger partial charge in [0.15, 0.2) is 10.9 Å². The number of carbonyl (C=O) groups excluding carboxylic acids is 1. The van der Waals surface area contributed by atoms with E-state index >= 15 is 0 Å². The minimum Gasteiger partial charge on any atom is -0.468 e. The predicted octanol–water partition coefficient (Wildman–Crippen LogP) is 3.49. The molecule has 0 aliphatic heterocycles. The van der Waals surface area contributed by atoms with Gasteiger partial charge in [0.2, 0.25) is 5.82 Å². The molecule has 0 saturated carbocycles. The molecular formula is C17H17N3O3S. The minimum absolute atomic E-state index is 0.307. The number of aryl methyl sites for hydroxylation is 1. The van der Waals surface area contributed by atoms with Crippen molar-refractivity contribution in [2.75, 3.05) is 7.11 Å². The van der Waals surface area contributed by atoms with Crippen LogP contribution >= 0.6 is 11.8 Å². The summed E-state index contributed by atoms with van der Waals surface area (Å²) in [6.45, 7) is 3.80. The summed E-state index contributed by atoms with van der Waals surface area (Å²) in [6.07, 6.45) is 1.59. The Morgan fingerprint density at radius 3 is 2.62 bits per heavy atom. The molecule has 24 heavy (non-hydrogen) atoms. The van der Waals surface area contributed by atoms with Crippen LogP contribution in [-0.4, -0.2) is 33.1 Å². The molecule has 0 unspecified atom stereocenters. The number of benzene rings is 1. The van der Waals surface area contributed by atoms with Crippen molar-refractivity contribution in [3.8, 4) is 17.3 Å². The van der Waals surface area contributed by atoms with Gasteiger partial charge in [-0.3, -0.25) is 9.36 Å². The zero-order valence-corrected chi connectivity index (χ0v) is 14.4. The van der Waals surface area contributed by atoms with Gasteiger partial charge >= 0.3 is 5.97 Å². The zero-order valence-electron chi connectivity index (χ0n) is 13.6. The molecule has 0 spiro atoms. The second-order valence-electron chi connectivity index (χ2n) is 5.24. The van der Waals surface area contributed by atoms with Crippen LogP contribution in [0.25, 0.3) is 17.3 Å². The summed E-state index contributed by atoms with van der Waals surface area (Å²) in [5.74, 6) is 0.891. The average molecular weight is 343 g/mol. The molecule has 2 heterocycles. The highest BCUT2D eigenvalue weighted by Crippen LogP contribution is 2.30. The number of methoxy groups -OCH3 is 1. The molecule has 6 nitrogen and oxygen atoms in total. The van der Waals surface area contributed by atoms with E-state index < -0.39 is 5.25 Å². The Hall–Kier alpha value is -2.54. The summed E-state index contributed by atoms with van der Waals surface area (Å²) in [5.41, 5.74) is 2.06. The first-order valence-electron chi connectivity index (χ1n) is 7.41. The quantitative estimate of drug-likeness (QED) is 0.522. The smallest absolute Gasteiger partial charge is 0.318 e. The van der Waals surface area contributed by atoms with E-state index in [9.17, 15) is 4.79 Å². The SMILES string of the molecule is COC(=O)[C@H](C)Sc1nnc(-c2ccco2)n1-c1ccc(C)cc1. The molecule has 124 valence electrons. The van der Waals surface area contributed by atoms with Gasteiger partial charge in [0, 0.05) is 5.69 Å². The summed E-state index contributed by atoms with van der Waals surface area (Å²) >= 11 is 1.29. The molecule has 0 aliphatic rings. The maximum absolute atomic E-state index is 11.7. The third kappa shape index (κ3) is 3.21. The molecule has 0 N–H and O–H groups in total. The van der Waals surface area contributed by atoms with Crippen LogP contribution in [0, 0.1) is 6.92 Å². The number of thioether (sulfide) groups is 1. The molecule has 0 aliphatic carbocycles. The Balaban J connectivity index is 2.06. The topological polar surface area (TPSA) is 70.2 Å². The van der Waals surface area contributed by atoms with Gasteiger partial charge < -0.3 is 9.15 Å². The lowest BCUT2D eigenvalue weighted by molar-refractivity contribution is -0.139. The fourth-order valence-electron chi connectivity index (χ4n) is 2.21. The minimum atomic E-state index is -0.396. The monoisotopic (exact) mass is 343 g/mol. The molecule has 2 aromatic heterocycles. The fraction of sp³-hybridized carbons (Fsp3) is 0.235. The average Bonchev–Trinajstić information content (AvgIpc) is 3.24. The highest BCUT2D eigenvalue weighted by Gasteiger charge is 2.23. The molecule has 3 rings (SSSR count). The first-order valence-corrected chi connectivity index (χ1v) is 8.29. The Bertz CT molecular complexity index is 825. The maximum Gasteiger partial charge on any atom is 0.318 e. The molecule has 1 aromatic carbocycles. The Morgan fingerprint density at radius 1 is 1.25 bits per heavy atom. The van der Waals surface area contributed by atoms with Crippen LogP contribution in [0.3, 0.4) is 0 Å². The second kappa shape index (κ2) is 6.92. The van der Waals surface area contributed by atoms with E-state index in [4.69, 9.17) is 9.15 Å². The van der Waals surface area contributed by atoms with Crippen molar-refractivity contribution in [2.24, 2.45) is 0 Å². The number of ether oxygens (including phenoxy) is 1. The van der Waals surface area contributed by atoms with Crippen LogP contribution in [0.2, 0.25) is 0 Å². The molecule has 0 amide bonds. The number of nitrogens with zero attached hydrogens (tertiary/aromatic N) is 3. The third-order valence-corrected chi connectivity index (χ3v) is 4.50. The number of carbonyl (C=O) groups is 1. The van der Waals surface area contributed by atoms with Crippen molar-refractivity contribution in [2.45, 2.75) is 24.3 Å². The molecule has 1 atom stereocenters. The van der Waals surface area contributed by atoms with Crippen LogP contribution in [0.5, 0.6) is 0 Å². The summed E-state index contributed by atoms with van der Waals surface area (Å²) in [5, 5.41) is 8.68. The molecular weight excluding hydrogens is 326 g/mol. The molecule has 0 saturated heterocycles. The number of furan rings is 1. The lowest BCUT2D eigenvalue weighted by atomic mass is 10.2. The number of rotatable bonds is 5. The van der Waals surface area contributed by atoms with Gasteiger partial charge in [0.25, 0.3) is 0 Å². The summed E-state index contributed by atoms with van der Waals surface area (Å²) in [7, 11) is 1.37. The van der Waals surface area contributed by atoms with Crippen LogP contribution in [0.15, 0.2) is 52.2 Å². The van der Waals surface area contributed by atoms with E-state index in [1.54, 1.807) is 19.3 Å². The van der Waals surface area contributed by atoms with Crippen molar-refractivity contribution < 1.29 is 13.9 Å². The molecule has 0 fully saturated rings. The molecule has 7 heteroatoms. The van der Waals surface area contributed by atoms with Gasteiger partial charge in [-0.2, -0.15) is 0 Å². The van der Waals surface area contributed by atoms with Crippen molar-refractivity contribution in [1.82, 2.24) is 14.8 Å². The standard InChI is InChI=1S/C17H17N3O3S/c1-11-6-8-13(9-7-11)20-15(14-5-4-10-23-14)18-19-17(20)24-12(2)16(21)22-3/h4-10,12H,1-3H3/t12-/m0/s1. The number of esters is 1. The lowest BCUT2D eigenvalue weighted by Crippen LogP contribution is -2.15. The molecule has 3 aromatic rings. The van der Waals surface area contributed by atoms with Crippen LogP contribution in [0.4, 0.5) is 0 Å². The highest BCUT2D eigenvalue weighted by molar-refractivity contribution is 8.00. The maximum atomic E-state index is 11.7. The summed E-state index contributed by atoms with van der Waals surface area (Å²) < 4.78 is 12.1. The Labute approximate surface area is 143 Å². The van der Waals surface area contributed by atoms with Gasteiger partial charge in [-0.25, -0.2) is 0 Å². The van der Waals surface area contributed by atoms with Crippen LogP contribution in [-0.2, 0) is 9.53 Å². The predicted molar refractivity (Wildman–Crippen MR) is 91.1 cm³/mol. The van der Waals surface area contributed by atoms with Crippen LogP contribution < -0.4 is 0 Å². The Morgan fingerprint density at radius 2 is 2.00 bits per heavy atom. The largest absolute Gasteiger partial charge is 0.468 e. The summed E-state index contributed by atoms with van der Waals surface area (Å²) in [6, 6.07) is 11.6. The highest BCUT2D eigenvalue weighted by atomic mass is 32.2. The summed E-state index contributed by atoms with van der Waals surface area (Å²) in [4.78, 5) is 11.7. The third-order valence-electron chi connectivity index (χ3n) is 3.48. The van der Waals surface area contributed by atoms with E-state index in [2.05, 4.69) is 10.2 Å². The van der Waals surface area contributed by atoms with Crippen LogP contribution in [0.1, 0.15) is 12.5 Å². The van der Waals surface area contributed by atoms with E-state index in [-0.39, 0.29) is 5.97 Å². The first-order chi connectivity index (χ1) is 11.6. The van der Waals surface area contributed by atoms with Gasteiger partial charge in [-0.1, -0.05) is 29.5 Å². The normalized spacial score (nSPS) is 12.1. The van der Waals surface area contributed by atoms with Crippen molar-refractivity contribution in [1.29, 1.82) is 0 Å². The van der Waals surface area contributed by atoms with E-state index in [0.717, 1.165) is 11.3 Å². The van der Waals surface area contributed by atoms with Gasteiger partial charge in [0.05, 0.1) is 13.4 Å². The Kier molecular flexibility index (Phi) is 4.71. The molecule has 0 radical (unpaired) electrons. The number of hydrogen-bond donors (Lipinski definition) is 0. The van der Waals surface area contributed by atoms with Gasteiger partial charge in [0.1, 0.15) is 5.25 Å². The van der Waals surface area contributed by atoms with E-state index in [0.29, 0.717) is 16.7 Å². The van der Waals surface area contributed by atoms with Crippen molar-refractivity contribution in [3.05, 3.63) is 48.2 Å². The van der Waals surface area contributed by atoms with Gasteiger partial charge in [-0.05, 0) is 38.1 Å². The van der Waals surface area contributed by atoms with Crippen molar-refractivity contribution in [3.63, 3.8) is 0 Å².